The van der Waals surface area contributed by atoms with Gasteiger partial charge >= 0.3 is 0 Å². The van der Waals surface area contributed by atoms with Crippen LogP contribution in [0.1, 0.15) is 53.1 Å². The molecular weight excluding hydrogens is 408 g/mol. The van der Waals surface area contributed by atoms with E-state index < -0.39 is 35.3 Å². The lowest BCUT2D eigenvalue weighted by molar-refractivity contribution is 0.0114. The average Bonchev–Trinajstić information content (AvgIpc) is 3.06. The molecule has 0 saturated carbocycles. The van der Waals surface area contributed by atoms with E-state index in [4.69, 9.17) is 20.9 Å². The fourth-order valence-electron chi connectivity index (χ4n) is 4.38. The topological polar surface area (TPSA) is 118 Å². The lowest BCUT2D eigenvalue weighted by atomic mass is 9.78. The number of halogens is 2. The van der Waals surface area contributed by atoms with Crippen LogP contribution in [-0.2, 0) is 4.74 Å². The lowest BCUT2D eigenvalue weighted by Gasteiger charge is -2.24. The summed E-state index contributed by atoms with van der Waals surface area (Å²) in [5.74, 6) is -4.96. The Labute approximate surface area is 178 Å². The van der Waals surface area contributed by atoms with Gasteiger partial charge in [0, 0.05) is 23.4 Å². The highest BCUT2D eigenvalue weighted by atomic mass is 19.2. The third kappa shape index (κ3) is 3.85. The molecule has 1 aromatic carbocycles. The number of methoxy groups -OCH3 is 1. The maximum absolute atomic E-state index is 14.5. The number of primary amides is 1. The van der Waals surface area contributed by atoms with Crippen LogP contribution in [-0.4, -0.2) is 36.0 Å². The van der Waals surface area contributed by atoms with Crippen LogP contribution in [0.25, 0.3) is 0 Å². The maximum Gasteiger partial charge on any atom is 0.268 e. The van der Waals surface area contributed by atoms with Crippen molar-refractivity contribution in [1.29, 1.82) is 0 Å². The largest absolute Gasteiger partial charge is 0.493 e. The molecule has 0 aliphatic carbocycles. The molecule has 1 aliphatic heterocycles. The van der Waals surface area contributed by atoms with Gasteiger partial charge in [-0.25, -0.2) is 4.39 Å². The normalized spacial score (nSPS) is 23.2. The van der Waals surface area contributed by atoms with Gasteiger partial charge in [-0.2, -0.15) is 4.39 Å². The highest BCUT2D eigenvalue weighted by Crippen LogP contribution is 2.47. The maximum atomic E-state index is 14.5. The van der Waals surface area contributed by atoms with Crippen molar-refractivity contribution in [2.24, 2.45) is 17.6 Å². The van der Waals surface area contributed by atoms with E-state index in [9.17, 15) is 18.4 Å². The van der Waals surface area contributed by atoms with Gasteiger partial charge in [-0.3, -0.25) is 14.6 Å². The molecule has 0 bridgehead atoms. The first-order valence-electron chi connectivity index (χ1n) is 9.85. The summed E-state index contributed by atoms with van der Waals surface area (Å²) in [6.07, 6.45) is -0.227. The molecule has 2 heterocycles. The van der Waals surface area contributed by atoms with Gasteiger partial charge < -0.3 is 20.9 Å². The fourth-order valence-corrected chi connectivity index (χ4v) is 4.38. The minimum atomic E-state index is -1.15. The van der Waals surface area contributed by atoms with Gasteiger partial charge in [0.1, 0.15) is 11.8 Å². The molecule has 1 aromatic heterocycles. The first kappa shape index (κ1) is 22.6. The molecule has 4 N–H and O–H groups in total. The van der Waals surface area contributed by atoms with Gasteiger partial charge in [0.05, 0.1) is 18.8 Å². The number of aromatic nitrogens is 1. The highest BCUT2D eigenvalue weighted by molar-refractivity contribution is 6.12. The Morgan fingerprint density at radius 1 is 1.23 bits per heavy atom. The number of carbonyl (C=O) groups is 2. The Kier molecular flexibility index (Phi) is 6.26. The van der Waals surface area contributed by atoms with Gasteiger partial charge in [0.15, 0.2) is 17.3 Å². The number of hydrogen-bond donors (Lipinski definition) is 2. The summed E-state index contributed by atoms with van der Waals surface area (Å²) in [7, 11) is 1.23. The van der Waals surface area contributed by atoms with Crippen LogP contribution in [0.3, 0.4) is 0 Å². The molecule has 0 spiro atoms. The van der Waals surface area contributed by atoms with Crippen molar-refractivity contribution < 1.29 is 27.8 Å². The number of Topliss-reactive ketones (excluding diaryl/α,β-unsaturated/α-hetero) is 1. The van der Waals surface area contributed by atoms with Crippen molar-refractivity contribution in [2.45, 2.75) is 38.9 Å². The van der Waals surface area contributed by atoms with Crippen molar-refractivity contribution in [3.05, 3.63) is 52.9 Å². The summed E-state index contributed by atoms with van der Waals surface area (Å²) in [6.45, 7) is 5.73. The zero-order valence-corrected chi connectivity index (χ0v) is 17.7. The number of ether oxygens (including phenoxy) is 2. The molecule has 4 atom stereocenters. The monoisotopic (exact) mass is 433 g/mol. The summed E-state index contributed by atoms with van der Waals surface area (Å²) in [5.41, 5.74) is 11.3. The van der Waals surface area contributed by atoms with Crippen molar-refractivity contribution >= 4 is 17.4 Å². The molecule has 4 unspecified atom stereocenters. The highest BCUT2D eigenvalue weighted by Gasteiger charge is 2.49. The smallest absolute Gasteiger partial charge is 0.268 e. The predicted octanol–water partition coefficient (Wildman–Crippen LogP) is 3.08. The van der Waals surface area contributed by atoms with E-state index in [-0.39, 0.29) is 40.6 Å². The van der Waals surface area contributed by atoms with E-state index in [0.717, 1.165) is 6.07 Å². The molecule has 1 saturated heterocycles. The lowest BCUT2D eigenvalue weighted by Crippen LogP contribution is -2.31. The Morgan fingerprint density at radius 2 is 1.90 bits per heavy atom. The SMILES string of the molecule is COc1c(C2C(C(=O)c3c(N)ccnc3C(N)=O)OC(C(C)C)C2C)ccc(F)c1F. The number of benzene rings is 1. The molecule has 7 nitrogen and oxygen atoms in total. The minimum Gasteiger partial charge on any atom is -0.493 e. The number of amides is 1. The van der Waals surface area contributed by atoms with Crippen LogP contribution < -0.4 is 16.2 Å². The van der Waals surface area contributed by atoms with Crippen LogP contribution in [0.5, 0.6) is 5.75 Å². The summed E-state index contributed by atoms with van der Waals surface area (Å²) in [6, 6.07) is 3.74. The van der Waals surface area contributed by atoms with E-state index in [1.54, 1.807) is 0 Å². The van der Waals surface area contributed by atoms with Gasteiger partial charge in [-0.05, 0) is 24.0 Å². The quantitative estimate of drug-likeness (QED) is 0.676. The van der Waals surface area contributed by atoms with Gasteiger partial charge in [-0.15, -0.1) is 0 Å². The number of nitrogen functional groups attached to an aromatic ring is 1. The predicted molar refractivity (Wildman–Crippen MR) is 110 cm³/mol. The van der Waals surface area contributed by atoms with Crippen molar-refractivity contribution in [3.8, 4) is 5.75 Å². The molecule has 2 aromatic rings. The number of hydrogen-bond acceptors (Lipinski definition) is 6. The third-order valence-corrected chi connectivity index (χ3v) is 5.74. The summed E-state index contributed by atoms with van der Waals surface area (Å²) >= 11 is 0. The second-order valence-electron chi connectivity index (χ2n) is 7.99. The van der Waals surface area contributed by atoms with E-state index >= 15 is 0 Å². The number of nitrogens with zero attached hydrogens (tertiary/aromatic N) is 1. The average molecular weight is 433 g/mol. The summed E-state index contributed by atoms with van der Waals surface area (Å²) in [5, 5.41) is 0. The second-order valence-corrected chi connectivity index (χ2v) is 7.99. The van der Waals surface area contributed by atoms with Crippen molar-refractivity contribution in [1.82, 2.24) is 4.98 Å². The van der Waals surface area contributed by atoms with E-state index in [1.807, 2.05) is 20.8 Å². The van der Waals surface area contributed by atoms with E-state index in [2.05, 4.69) is 4.98 Å². The van der Waals surface area contributed by atoms with Crippen molar-refractivity contribution in [3.63, 3.8) is 0 Å². The molecule has 1 amide bonds. The molecule has 1 aliphatic rings. The molecular formula is C22H25F2N3O4. The van der Waals surface area contributed by atoms with Crippen LogP contribution in [0.15, 0.2) is 24.4 Å². The molecule has 166 valence electrons. The molecule has 9 heteroatoms. The summed E-state index contributed by atoms with van der Waals surface area (Å²) in [4.78, 5) is 29.3. The Hall–Kier alpha value is -3.07. The van der Waals surface area contributed by atoms with E-state index in [0.29, 0.717) is 5.56 Å². The van der Waals surface area contributed by atoms with E-state index in [1.165, 1.54) is 25.4 Å². The first-order valence-corrected chi connectivity index (χ1v) is 9.85. The van der Waals surface area contributed by atoms with Gasteiger partial charge in [-0.1, -0.05) is 26.8 Å². The van der Waals surface area contributed by atoms with Crippen LogP contribution in [0.4, 0.5) is 14.5 Å². The number of anilines is 1. The van der Waals surface area contributed by atoms with Crippen LogP contribution in [0.2, 0.25) is 0 Å². The molecule has 31 heavy (non-hydrogen) atoms. The zero-order valence-electron chi connectivity index (χ0n) is 17.7. The van der Waals surface area contributed by atoms with Gasteiger partial charge in [0.25, 0.3) is 5.91 Å². The third-order valence-electron chi connectivity index (χ3n) is 5.74. The molecule has 3 rings (SSSR count). The first-order chi connectivity index (χ1) is 14.6. The van der Waals surface area contributed by atoms with Crippen LogP contribution in [0, 0.1) is 23.5 Å². The zero-order chi connectivity index (χ0) is 23.0. The molecule has 1 fully saturated rings. The second kappa shape index (κ2) is 8.58. The van der Waals surface area contributed by atoms with Crippen molar-refractivity contribution in [2.75, 3.05) is 12.8 Å². The number of nitrogens with two attached hydrogens (primary N) is 2. The number of carbonyl (C=O) groups excluding carboxylic acids is 2. The Balaban J connectivity index is 2.18. The Bertz CT molecular complexity index is 1030. The minimum absolute atomic E-state index is 0.0217. The Morgan fingerprint density at radius 3 is 2.48 bits per heavy atom. The number of pyridine rings is 1. The van der Waals surface area contributed by atoms with Gasteiger partial charge in [0.2, 0.25) is 5.82 Å². The number of rotatable bonds is 6. The van der Waals surface area contributed by atoms with Crippen LogP contribution >= 0.6 is 0 Å². The number of ketones is 1. The fraction of sp³-hybridized carbons (Fsp3) is 0.409. The summed E-state index contributed by atoms with van der Waals surface area (Å²) < 4.78 is 39.5. The standard InChI is InChI=1S/C22H25F2N3O4/c1-9(2)19-10(3)14(11-5-6-12(23)16(24)20(11)30-4)21(31-19)18(28)15-13(25)7-8-27-17(15)22(26)29/h5-10,14,19,21H,1-4H3,(H2,25,27)(H2,26,29). The molecule has 0 radical (unpaired) electrons.